The Labute approximate surface area is 205 Å². The molecular formula is C33H30S. The quantitative estimate of drug-likeness (QED) is 0.334. The lowest BCUT2D eigenvalue weighted by Gasteiger charge is -2.40. The molecule has 3 aromatic carbocycles. The van der Waals surface area contributed by atoms with Crippen LogP contribution in [0.4, 0.5) is 0 Å². The van der Waals surface area contributed by atoms with Crippen molar-refractivity contribution in [2.24, 2.45) is 0 Å². The van der Waals surface area contributed by atoms with Crippen molar-refractivity contribution in [1.29, 1.82) is 0 Å². The fourth-order valence-corrected chi connectivity index (χ4v) is 10.4. The van der Waals surface area contributed by atoms with Crippen LogP contribution in [0.5, 0.6) is 0 Å². The van der Waals surface area contributed by atoms with Crippen LogP contribution in [0.3, 0.4) is 0 Å². The zero-order valence-corrected chi connectivity index (χ0v) is 21.0. The van der Waals surface area contributed by atoms with Gasteiger partial charge in [0.2, 0.25) is 0 Å². The van der Waals surface area contributed by atoms with Gasteiger partial charge in [0, 0.05) is 15.4 Å². The predicted octanol–water partition coefficient (Wildman–Crippen LogP) is 9.77. The smallest absolute Gasteiger partial charge is 0.0175 e. The third-order valence-electron chi connectivity index (χ3n) is 6.93. The third kappa shape index (κ3) is 3.01. The van der Waals surface area contributed by atoms with E-state index in [9.17, 15) is 0 Å². The van der Waals surface area contributed by atoms with E-state index in [0.717, 1.165) is 5.57 Å². The Morgan fingerprint density at radius 1 is 0.765 bits per heavy atom. The van der Waals surface area contributed by atoms with Gasteiger partial charge < -0.3 is 0 Å². The summed E-state index contributed by atoms with van der Waals surface area (Å²) in [6, 6.07) is 30.7. The molecule has 1 unspecified atom stereocenters. The topological polar surface area (TPSA) is 0 Å². The number of fused-ring (bicyclic) bond motifs is 2. The second kappa shape index (κ2) is 8.66. The molecule has 0 saturated carbocycles. The van der Waals surface area contributed by atoms with Gasteiger partial charge in [0.05, 0.1) is 0 Å². The summed E-state index contributed by atoms with van der Waals surface area (Å²) in [4.78, 5) is 5.65. The molecule has 1 atom stereocenters. The molecule has 2 aliphatic rings. The van der Waals surface area contributed by atoms with Gasteiger partial charge in [-0.1, -0.05) is 110 Å². The normalized spacial score (nSPS) is 21.4. The van der Waals surface area contributed by atoms with E-state index in [2.05, 4.69) is 131 Å². The molecule has 0 N–H and O–H groups in total. The molecular weight excluding hydrogens is 428 g/mol. The summed E-state index contributed by atoms with van der Waals surface area (Å²) in [6.07, 6.45) is 6.29. The molecule has 0 amide bonds. The molecule has 0 aromatic heterocycles. The minimum Gasteiger partial charge on any atom is -0.138 e. The number of hydrogen-bond donors (Lipinski definition) is 0. The average Bonchev–Trinajstić information content (AvgIpc) is 3.29. The van der Waals surface area contributed by atoms with Crippen LogP contribution in [0.15, 0.2) is 142 Å². The summed E-state index contributed by atoms with van der Waals surface area (Å²) in [5.74, 6) is 0. The van der Waals surface area contributed by atoms with Crippen LogP contribution >= 0.6 is 10.0 Å². The molecule has 0 radical (unpaired) electrons. The van der Waals surface area contributed by atoms with E-state index < -0.39 is 10.0 Å². The fourth-order valence-electron chi connectivity index (χ4n) is 5.60. The SMILES string of the molecule is C=CC1=C(C)S2(C(C)=C(C(=C)/C=C\C)C(c3ccccc3)=C2c2ccccc2)c2ccccc21. The molecule has 1 heteroatoms. The second-order valence-corrected chi connectivity index (χ2v) is 12.0. The Kier molecular flexibility index (Phi) is 5.67. The highest BCUT2D eigenvalue weighted by molar-refractivity contribution is 8.47. The highest BCUT2D eigenvalue weighted by Crippen LogP contribution is 2.85. The molecule has 0 fully saturated rings. The summed E-state index contributed by atoms with van der Waals surface area (Å²) in [7, 11) is -1.63. The third-order valence-corrected chi connectivity index (χ3v) is 11.3. The molecule has 2 aliphatic heterocycles. The first-order valence-corrected chi connectivity index (χ1v) is 13.3. The van der Waals surface area contributed by atoms with E-state index in [-0.39, 0.29) is 0 Å². The van der Waals surface area contributed by atoms with E-state index in [1.165, 1.54) is 53.0 Å². The van der Waals surface area contributed by atoms with Crippen molar-refractivity contribution in [3.8, 4) is 0 Å². The highest BCUT2D eigenvalue weighted by atomic mass is 32.3. The monoisotopic (exact) mass is 458 g/mol. The van der Waals surface area contributed by atoms with Crippen LogP contribution in [-0.2, 0) is 0 Å². The van der Waals surface area contributed by atoms with E-state index in [4.69, 9.17) is 0 Å². The van der Waals surface area contributed by atoms with Crippen LogP contribution in [0, 0.1) is 0 Å². The molecule has 168 valence electrons. The molecule has 0 saturated heterocycles. The van der Waals surface area contributed by atoms with Gasteiger partial charge in [-0.15, -0.1) is 10.0 Å². The Morgan fingerprint density at radius 3 is 1.97 bits per heavy atom. The van der Waals surface area contributed by atoms with Crippen LogP contribution in [0.2, 0.25) is 0 Å². The summed E-state index contributed by atoms with van der Waals surface area (Å²) in [5.41, 5.74) is 8.74. The van der Waals surface area contributed by atoms with Gasteiger partial charge in [-0.25, -0.2) is 0 Å². The van der Waals surface area contributed by atoms with Crippen molar-refractivity contribution in [2.45, 2.75) is 25.7 Å². The zero-order valence-electron chi connectivity index (χ0n) is 20.1. The maximum absolute atomic E-state index is 4.55. The minimum absolute atomic E-state index is 1.06. The van der Waals surface area contributed by atoms with E-state index in [0.29, 0.717) is 0 Å². The average molecular weight is 459 g/mol. The Hall–Kier alpha value is -3.55. The van der Waals surface area contributed by atoms with Crippen molar-refractivity contribution < 1.29 is 0 Å². The molecule has 3 aromatic rings. The maximum Gasteiger partial charge on any atom is 0.0175 e. The number of allylic oxidation sites excluding steroid dienone is 9. The van der Waals surface area contributed by atoms with Crippen molar-refractivity contribution in [2.75, 3.05) is 0 Å². The van der Waals surface area contributed by atoms with Crippen molar-refractivity contribution in [3.63, 3.8) is 0 Å². The van der Waals surface area contributed by atoms with Crippen LogP contribution in [-0.4, -0.2) is 0 Å². The second-order valence-electron chi connectivity index (χ2n) is 8.68. The Balaban J connectivity index is 2.02. The predicted molar refractivity (Wildman–Crippen MR) is 151 cm³/mol. The van der Waals surface area contributed by atoms with E-state index >= 15 is 0 Å². The Morgan fingerprint density at radius 2 is 1.35 bits per heavy atom. The summed E-state index contributed by atoms with van der Waals surface area (Å²) >= 11 is 0. The summed E-state index contributed by atoms with van der Waals surface area (Å²) in [6.45, 7) is 15.5. The van der Waals surface area contributed by atoms with Gasteiger partial charge in [-0.3, -0.25) is 0 Å². The summed E-state index contributed by atoms with van der Waals surface area (Å²) in [5, 5.41) is 0. The first-order valence-electron chi connectivity index (χ1n) is 11.7. The highest BCUT2D eigenvalue weighted by Gasteiger charge is 2.49. The summed E-state index contributed by atoms with van der Waals surface area (Å²) < 4.78 is 0. The molecule has 2 heterocycles. The van der Waals surface area contributed by atoms with Gasteiger partial charge in [0.25, 0.3) is 0 Å². The zero-order chi connectivity index (χ0) is 23.9. The van der Waals surface area contributed by atoms with Gasteiger partial charge in [0.1, 0.15) is 0 Å². The first kappa shape index (κ1) is 22.3. The lowest BCUT2D eigenvalue weighted by Crippen LogP contribution is -2.02. The van der Waals surface area contributed by atoms with Crippen molar-refractivity contribution in [1.82, 2.24) is 0 Å². The number of rotatable bonds is 5. The largest absolute Gasteiger partial charge is 0.138 e. The molecule has 0 nitrogen and oxygen atoms in total. The molecule has 34 heavy (non-hydrogen) atoms. The van der Waals surface area contributed by atoms with E-state index in [1.54, 1.807) is 0 Å². The molecule has 0 bridgehead atoms. The maximum atomic E-state index is 4.55. The first-order chi connectivity index (χ1) is 16.6. The van der Waals surface area contributed by atoms with Gasteiger partial charge in [-0.2, -0.15) is 0 Å². The van der Waals surface area contributed by atoms with Crippen LogP contribution in [0.25, 0.3) is 16.1 Å². The molecule has 1 spiro atoms. The number of hydrogen-bond acceptors (Lipinski definition) is 0. The van der Waals surface area contributed by atoms with E-state index in [1.807, 2.05) is 6.08 Å². The minimum atomic E-state index is -1.63. The lowest BCUT2D eigenvalue weighted by atomic mass is 9.91. The molecule has 5 rings (SSSR count). The van der Waals surface area contributed by atoms with Crippen LogP contribution in [0.1, 0.15) is 37.5 Å². The van der Waals surface area contributed by atoms with Crippen LogP contribution < -0.4 is 0 Å². The fraction of sp³-hybridized carbons (Fsp3) is 0.0909. The van der Waals surface area contributed by atoms with Gasteiger partial charge >= 0.3 is 0 Å². The Bertz CT molecular complexity index is 1430. The number of benzene rings is 3. The van der Waals surface area contributed by atoms with Gasteiger partial charge in [0.15, 0.2) is 0 Å². The van der Waals surface area contributed by atoms with Gasteiger partial charge in [-0.05, 0) is 70.1 Å². The van der Waals surface area contributed by atoms with Crippen molar-refractivity contribution >= 4 is 26.1 Å². The standard InChI is InChI=1S/C33H30S/c1-6-16-23(3)31-25(5)34(24(4)28(7-2)29-21-14-15-22-30(29)34)33(27-19-12-9-13-20-27)32(31)26-17-10-8-11-18-26/h6-22H,2-3H2,1,4-5H3/b16-6-. The molecule has 0 aliphatic carbocycles. The van der Waals surface area contributed by atoms with Crippen molar-refractivity contribution in [3.05, 3.63) is 154 Å². The lowest BCUT2D eigenvalue weighted by molar-refractivity contribution is 1.40.